The average molecular weight is 574 g/mol. The molecule has 0 fully saturated rings. The molecule has 0 aliphatic rings. The minimum absolute atomic E-state index is 0.0859. The van der Waals surface area contributed by atoms with Gasteiger partial charge >= 0.3 is 5.97 Å². The van der Waals surface area contributed by atoms with Crippen LogP contribution in [0.2, 0.25) is 5.02 Å². The molecule has 4 rings (SSSR count). The van der Waals surface area contributed by atoms with Crippen LogP contribution in [0.3, 0.4) is 0 Å². The SMILES string of the molecule is CC(C)(CSC(CCc1ccccc1C(C)(C)O)c1cccc(C=Cc2ccc3ccc(Cl)cc3n2)c1)C(=O)O. The quantitative estimate of drug-likeness (QED) is 0.187. The molecule has 1 unspecified atom stereocenters. The Hall–Kier alpha value is -3.12. The molecule has 0 amide bonds. The number of hydrogen-bond donors (Lipinski definition) is 2. The van der Waals surface area contributed by atoms with E-state index in [4.69, 9.17) is 16.6 Å². The van der Waals surface area contributed by atoms with Crippen LogP contribution >= 0.6 is 23.4 Å². The minimum Gasteiger partial charge on any atom is -0.481 e. The summed E-state index contributed by atoms with van der Waals surface area (Å²) in [7, 11) is 0. The summed E-state index contributed by atoms with van der Waals surface area (Å²) in [6.45, 7) is 7.16. The Morgan fingerprint density at radius 1 is 0.975 bits per heavy atom. The topological polar surface area (TPSA) is 70.4 Å². The number of aryl methyl sites for hydroxylation is 1. The van der Waals surface area contributed by atoms with E-state index >= 15 is 0 Å². The number of thioether (sulfide) groups is 1. The normalized spacial score (nSPS) is 13.2. The van der Waals surface area contributed by atoms with Crippen LogP contribution < -0.4 is 0 Å². The van der Waals surface area contributed by atoms with Crippen molar-refractivity contribution in [1.82, 2.24) is 4.98 Å². The lowest BCUT2D eigenvalue weighted by atomic mass is 9.90. The summed E-state index contributed by atoms with van der Waals surface area (Å²) in [5.41, 5.74) is 4.15. The van der Waals surface area contributed by atoms with Crippen LogP contribution in [0.4, 0.5) is 0 Å². The van der Waals surface area contributed by atoms with Crippen molar-refractivity contribution in [2.75, 3.05) is 5.75 Å². The maximum Gasteiger partial charge on any atom is 0.309 e. The van der Waals surface area contributed by atoms with Crippen LogP contribution in [0.5, 0.6) is 0 Å². The van der Waals surface area contributed by atoms with Gasteiger partial charge in [0.15, 0.2) is 0 Å². The maximum absolute atomic E-state index is 11.8. The molecule has 0 aliphatic carbocycles. The molecule has 40 heavy (non-hydrogen) atoms. The van der Waals surface area contributed by atoms with Crippen molar-refractivity contribution < 1.29 is 15.0 Å². The second-order valence-corrected chi connectivity index (χ2v) is 12.9. The Morgan fingerprint density at radius 2 is 1.73 bits per heavy atom. The molecule has 0 saturated heterocycles. The summed E-state index contributed by atoms with van der Waals surface area (Å²) < 4.78 is 0. The zero-order chi connectivity index (χ0) is 28.9. The second kappa shape index (κ2) is 12.6. The van der Waals surface area contributed by atoms with Crippen LogP contribution in [0.1, 0.15) is 67.3 Å². The number of nitrogens with zero attached hydrogens (tertiary/aromatic N) is 1. The largest absolute Gasteiger partial charge is 0.481 e. The molecule has 208 valence electrons. The highest BCUT2D eigenvalue weighted by molar-refractivity contribution is 7.99. The van der Waals surface area contributed by atoms with E-state index in [0.717, 1.165) is 51.7 Å². The highest BCUT2D eigenvalue weighted by Crippen LogP contribution is 2.38. The van der Waals surface area contributed by atoms with Gasteiger partial charge in [-0.2, -0.15) is 11.8 Å². The average Bonchev–Trinajstić information content (AvgIpc) is 2.91. The first-order chi connectivity index (χ1) is 18.9. The van der Waals surface area contributed by atoms with Crippen molar-refractivity contribution in [3.8, 4) is 0 Å². The molecule has 6 heteroatoms. The van der Waals surface area contributed by atoms with Crippen molar-refractivity contribution in [2.24, 2.45) is 5.41 Å². The Bertz CT molecular complexity index is 1520. The molecule has 0 spiro atoms. The van der Waals surface area contributed by atoms with E-state index in [2.05, 4.69) is 30.3 Å². The smallest absolute Gasteiger partial charge is 0.309 e. The van der Waals surface area contributed by atoms with Gasteiger partial charge in [0, 0.05) is 21.4 Å². The number of aliphatic carboxylic acids is 1. The number of halogens is 1. The number of carboxylic acid groups (broad SMARTS) is 1. The van der Waals surface area contributed by atoms with Gasteiger partial charge in [-0.05, 0) is 87.1 Å². The fraction of sp³-hybridized carbons (Fsp3) is 0.294. The van der Waals surface area contributed by atoms with Crippen LogP contribution in [0, 0.1) is 5.41 Å². The minimum atomic E-state index is -0.933. The van der Waals surface area contributed by atoms with Gasteiger partial charge < -0.3 is 10.2 Å². The van der Waals surface area contributed by atoms with Crippen LogP contribution in [-0.2, 0) is 16.8 Å². The Labute approximate surface area is 246 Å². The number of aliphatic hydroxyl groups is 1. The van der Waals surface area contributed by atoms with E-state index in [1.807, 2.05) is 74.5 Å². The molecule has 4 nitrogen and oxygen atoms in total. The van der Waals surface area contributed by atoms with Crippen molar-refractivity contribution in [2.45, 2.75) is 51.4 Å². The van der Waals surface area contributed by atoms with Gasteiger partial charge in [0.1, 0.15) is 0 Å². The fourth-order valence-corrected chi connectivity index (χ4v) is 6.11. The molecule has 0 bridgehead atoms. The predicted octanol–water partition coefficient (Wildman–Crippen LogP) is 8.80. The third-order valence-electron chi connectivity index (χ3n) is 6.98. The van der Waals surface area contributed by atoms with Gasteiger partial charge in [-0.3, -0.25) is 4.79 Å². The summed E-state index contributed by atoms with van der Waals surface area (Å²) in [6, 6.07) is 26.1. The summed E-state index contributed by atoms with van der Waals surface area (Å²) in [5.74, 6) is -0.309. The van der Waals surface area contributed by atoms with Crippen molar-refractivity contribution in [3.63, 3.8) is 0 Å². The number of pyridine rings is 1. The van der Waals surface area contributed by atoms with Gasteiger partial charge in [-0.25, -0.2) is 4.98 Å². The lowest BCUT2D eigenvalue weighted by Crippen LogP contribution is -2.26. The highest BCUT2D eigenvalue weighted by Gasteiger charge is 2.29. The number of fused-ring (bicyclic) bond motifs is 1. The van der Waals surface area contributed by atoms with Gasteiger partial charge in [0.05, 0.1) is 22.2 Å². The first kappa shape index (κ1) is 29.9. The Morgan fingerprint density at radius 3 is 2.48 bits per heavy atom. The number of hydrogen-bond acceptors (Lipinski definition) is 4. The molecule has 4 aromatic rings. The lowest BCUT2D eigenvalue weighted by molar-refractivity contribution is -0.145. The first-order valence-corrected chi connectivity index (χ1v) is 14.9. The predicted molar refractivity (Wildman–Crippen MR) is 169 cm³/mol. The van der Waals surface area contributed by atoms with Gasteiger partial charge in [0.25, 0.3) is 0 Å². The molecule has 2 N–H and O–H groups in total. The zero-order valence-corrected chi connectivity index (χ0v) is 25.0. The van der Waals surface area contributed by atoms with Gasteiger partial charge in [-0.1, -0.05) is 78.3 Å². The molecule has 0 aliphatic heterocycles. The molecule has 0 radical (unpaired) electrons. The third-order valence-corrected chi connectivity index (χ3v) is 9.02. The molecular weight excluding hydrogens is 538 g/mol. The molecular formula is C34H36ClNO3S. The van der Waals surface area contributed by atoms with Crippen molar-refractivity contribution in [3.05, 3.63) is 112 Å². The maximum atomic E-state index is 11.8. The van der Waals surface area contributed by atoms with E-state index in [1.165, 1.54) is 0 Å². The number of aromatic nitrogens is 1. The molecule has 3 aromatic carbocycles. The molecule has 0 saturated carbocycles. The monoisotopic (exact) mass is 573 g/mol. The summed E-state index contributed by atoms with van der Waals surface area (Å²) in [5, 5.41) is 22.2. The van der Waals surface area contributed by atoms with Crippen LogP contribution in [-0.4, -0.2) is 26.9 Å². The number of carboxylic acids is 1. The van der Waals surface area contributed by atoms with Crippen molar-refractivity contribution >= 4 is 52.4 Å². The standard InChI is InChI=1S/C34H36ClNO3S/c1-33(2,32(37)38)22-40-31(19-15-24-9-5-6-11-29(24)34(3,4)39)26-10-7-8-23(20-26)12-17-28-18-14-25-13-16-27(35)21-30(25)36-28/h5-14,16-18,20-21,31,39H,15,19,22H2,1-4H3,(H,37,38). The number of benzene rings is 3. The summed E-state index contributed by atoms with van der Waals surface area (Å²) in [4.78, 5) is 16.5. The van der Waals surface area contributed by atoms with E-state index in [-0.39, 0.29) is 5.25 Å². The van der Waals surface area contributed by atoms with Gasteiger partial charge in [-0.15, -0.1) is 0 Å². The zero-order valence-electron chi connectivity index (χ0n) is 23.4. The van der Waals surface area contributed by atoms with Crippen molar-refractivity contribution in [1.29, 1.82) is 0 Å². The van der Waals surface area contributed by atoms with E-state index in [0.29, 0.717) is 10.8 Å². The Kier molecular flexibility index (Phi) is 9.40. The van der Waals surface area contributed by atoms with Gasteiger partial charge in [0.2, 0.25) is 0 Å². The fourth-order valence-electron chi connectivity index (χ4n) is 4.58. The van der Waals surface area contributed by atoms with Crippen LogP contribution in [0.25, 0.3) is 23.1 Å². The summed E-state index contributed by atoms with van der Waals surface area (Å²) in [6.07, 6.45) is 5.63. The molecule has 1 heterocycles. The second-order valence-electron chi connectivity index (χ2n) is 11.3. The first-order valence-electron chi connectivity index (χ1n) is 13.4. The summed E-state index contributed by atoms with van der Waals surface area (Å²) >= 11 is 7.83. The number of rotatable bonds is 11. The van der Waals surface area contributed by atoms with Crippen LogP contribution in [0.15, 0.2) is 78.9 Å². The molecule has 1 atom stereocenters. The molecule has 1 aromatic heterocycles. The third kappa shape index (κ3) is 7.75. The van der Waals surface area contributed by atoms with E-state index < -0.39 is 17.0 Å². The van der Waals surface area contributed by atoms with E-state index in [1.54, 1.807) is 25.6 Å². The van der Waals surface area contributed by atoms with E-state index in [9.17, 15) is 15.0 Å². The number of carbonyl (C=O) groups is 1. The Balaban J connectivity index is 1.58. The lowest BCUT2D eigenvalue weighted by Gasteiger charge is -2.25. The highest BCUT2D eigenvalue weighted by atomic mass is 35.5.